The van der Waals surface area contributed by atoms with E-state index >= 15 is 0 Å². The van der Waals surface area contributed by atoms with Gasteiger partial charge < -0.3 is 15.4 Å². The third-order valence-corrected chi connectivity index (χ3v) is 5.00. The van der Waals surface area contributed by atoms with E-state index in [1.807, 2.05) is 38.1 Å². The highest BCUT2D eigenvalue weighted by atomic mass is 16.5. The molecule has 0 radical (unpaired) electrons. The van der Waals surface area contributed by atoms with Crippen molar-refractivity contribution in [2.24, 2.45) is 0 Å². The molecule has 7 heteroatoms. The molecular formula is C22H22N4O3. The first kappa shape index (κ1) is 18.7. The number of rotatable bonds is 5. The standard InChI is InChI=1S/C22H22N4O3/c1-13-7-9-15(10-8-13)20-14(2)25-26-18(22(28)24-21(20)26)12-19(27)23-16-5-4-6-17(11-16)29-3/h4-11,18H,12H2,1-3H3,(H,23,27)(H,24,28). The van der Waals surface area contributed by atoms with Crippen molar-refractivity contribution in [1.29, 1.82) is 0 Å². The second-order valence-corrected chi connectivity index (χ2v) is 7.11. The van der Waals surface area contributed by atoms with E-state index in [1.165, 1.54) is 0 Å². The number of ether oxygens (including phenoxy) is 1. The Balaban J connectivity index is 1.56. The first-order valence-corrected chi connectivity index (χ1v) is 9.37. The van der Waals surface area contributed by atoms with Crippen LogP contribution in [0, 0.1) is 13.8 Å². The lowest BCUT2D eigenvalue weighted by Gasteiger charge is -2.10. The molecule has 0 saturated carbocycles. The zero-order valence-corrected chi connectivity index (χ0v) is 16.5. The maximum absolute atomic E-state index is 12.6. The molecule has 0 spiro atoms. The number of nitrogens with one attached hydrogen (secondary N) is 2. The minimum absolute atomic E-state index is 0.00942. The number of aromatic nitrogens is 2. The number of methoxy groups -OCH3 is 1. The third-order valence-electron chi connectivity index (χ3n) is 5.00. The largest absolute Gasteiger partial charge is 0.497 e. The molecule has 0 aliphatic carbocycles. The lowest BCUT2D eigenvalue weighted by molar-refractivity contribution is -0.123. The molecule has 3 aromatic rings. The fourth-order valence-corrected chi connectivity index (χ4v) is 3.54. The number of hydrogen-bond donors (Lipinski definition) is 2. The Morgan fingerprint density at radius 1 is 1.21 bits per heavy atom. The van der Waals surface area contributed by atoms with Crippen molar-refractivity contribution in [2.45, 2.75) is 26.3 Å². The fourth-order valence-electron chi connectivity index (χ4n) is 3.54. The van der Waals surface area contributed by atoms with Crippen molar-refractivity contribution in [3.8, 4) is 16.9 Å². The monoisotopic (exact) mass is 390 g/mol. The molecule has 4 rings (SSSR count). The summed E-state index contributed by atoms with van der Waals surface area (Å²) < 4.78 is 6.79. The number of anilines is 2. The van der Waals surface area contributed by atoms with Crippen LogP contribution in [0.15, 0.2) is 48.5 Å². The third kappa shape index (κ3) is 3.59. The quantitative estimate of drug-likeness (QED) is 0.696. The Labute approximate surface area is 168 Å². The summed E-state index contributed by atoms with van der Waals surface area (Å²) in [4.78, 5) is 25.1. The molecule has 1 aliphatic rings. The van der Waals surface area contributed by atoms with Crippen LogP contribution in [0.1, 0.15) is 23.7 Å². The summed E-state index contributed by atoms with van der Waals surface area (Å²) in [5.74, 6) is 0.780. The Hall–Kier alpha value is -3.61. The molecule has 148 valence electrons. The maximum atomic E-state index is 12.6. The number of carbonyl (C=O) groups excluding carboxylic acids is 2. The zero-order valence-electron chi connectivity index (χ0n) is 16.5. The van der Waals surface area contributed by atoms with E-state index in [2.05, 4.69) is 15.7 Å². The molecule has 7 nitrogen and oxygen atoms in total. The van der Waals surface area contributed by atoms with Crippen LogP contribution in [0.4, 0.5) is 11.5 Å². The van der Waals surface area contributed by atoms with Crippen LogP contribution in [0.2, 0.25) is 0 Å². The molecule has 1 aromatic heterocycles. The Morgan fingerprint density at radius 2 is 1.97 bits per heavy atom. The average molecular weight is 390 g/mol. The first-order valence-electron chi connectivity index (χ1n) is 9.37. The SMILES string of the molecule is COc1cccc(NC(=O)CC2C(=O)Nc3c(-c4ccc(C)cc4)c(C)nn32)c1. The van der Waals surface area contributed by atoms with E-state index in [9.17, 15) is 9.59 Å². The summed E-state index contributed by atoms with van der Waals surface area (Å²) in [6, 6.07) is 14.5. The van der Waals surface area contributed by atoms with E-state index < -0.39 is 6.04 Å². The maximum Gasteiger partial charge on any atom is 0.251 e. The predicted molar refractivity (Wildman–Crippen MR) is 111 cm³/mol. The average Bonchev–Trinajstić information content (AvgIpc) is 3.17. The summed E-state index contributed by atoms with van der Waals surface area (Å²) >= 11 is 0. The van der Waals surface area contributed by atoms with Gasteiger partial charge in [0.1, 0.15) is 17.6 Å². The van der Waals surface area contributed by atoms with Gasteiger partial charge in [-0.1, -0.05) is 35.9 Å². The van der Waals surface area contributed by atoms with Crippen molar-refractivity contribution < 1.29 is 14.3 Å². The summed E-state index contributed by atoms with van der Waals surface area (Å²) in [7, 11) is 1.57. The van der Waals surface area contributed by atoms with Crippen molar-refractivity contribution in [3.63, 3.8) is 0 Å². The minimum atomic E-state index is -0.687. The van der Waals surface area contributed by atoms with Crippen molar-refractivity contribution >= 4 is 23.3 Å². The summed E-state index contributed by atoms with van der Waals surface area (Å²) in [6.45, 7) is 3.93. The minimum Gasteiger partial charge on any atom is -0.497 e. The van der Waals surface area contributed by atoms with Crippen LogP contribution < -0.4 is 15.4 Å². The van der Waals surface area contributed by atoms with Crippen LogP contribution in [-0.2, 0) is 9.59 Å². The highest BCUT2D eigenvalue weighted by molar-refractivity contribution is 6.04. The van der Waals surface area contributed by atoms with Gasteiger partial charge in [0.2, 0.25) is 5.91 Å². The van der Waals surface area contributed by atoms with Gasteiger partial charge in [0.25, 0.3) is 5.91 Å². The number of benzene rings is 2. The van der Waals surface area contributed by atoms with Gasteiger partial charge in [-0.2, -0.15) is 5.10 Å². The number of fused-ring (bicyclic) bond motifs is 1. The molecule has 29 heavy (non-hydrogen) atoms. The topological polar surface area (TPSA) is 85.2 Å². The lowest BCUT2D eigenvalue weighted by atomic mass is 10.0. The van der Waals surface area contributed by atoms with E-state index in [0.29, 0.717) is 17.3 Å². The number of amides is 2. The molecule has 2 heterocycles. The van der Waals surface area contributed by atoms with Gasteiger partial charge in [0, 0.05) is 17.3 Å². The van der Waals surface area contributed by atoms with Gasteiger partial charge in [-0.05, 0) is 31.5 Å². The number of nitrogens with zero attached hydrogens (tertiary/aromatic N) is 2. The predicted octanol–water partition coefficient (Wildman–Crippen LogP) is 3.70. The molecular weight excluding hydrogens is 368 g/mol. The van der Waals surface area contributed by atoms with Gasteiger partial charge in [-0.15, -0.1) is 0 Å². The molecule has 1 unspecified atom stereocenters. The van der Waals surface area contributed by atoms with Gasteiger partial charge in [-0.25, -0.2) is 4.68 Å². The number of aryl methyl sites for hydroxylation is 2. The van der Waals surface area contributed by atoms with Crippen LogP contribution in [0.25, 0.3) is 11.1 Å². The van der Waals surface area contributed by atoms with Crippen molar-refractivity contribution in [2.75, 3.05) is 17.7 Å². The van der Waals surface area contributed by atoms with Crippen LogP contribution in [-0.4, -0.2) is 28.7 Å². The number of carbonyl (C=O) groups is 2. The van der Waals surface area contributed by atoms with Crippen LogP contribution >= 0.6 is 0 Å². The molecule has 2 aromatic carbocycles. The molecule has 2 N–H and O–H groups in total. The van der Waals surface area contributed by atoms with Crippen molar-refractivity contribution in [1.82, 2.24) is 9.78 Å². The van der Waals surface area contributed by atoms with E-state index in [-0.39, 0.29) is 18.2 Å². The lowest BCUT2D eigenvalue weighted by Crippen LogP contribution is -2.23. The van der Waals surface area contributed by atoms with Crippen molar-refractivity contribution in [3.05, 3.63) is 59.8 Å². The molecule has 1 aliphatic heterocycles. The van der Waals surface area contributed by atoms with Gasteiger partial charge >= 0.3 is 0 Å². The van der Waals surface area contributed by atoms with Gasteiger partial charge in [0.05, 0.1) is 19.2 Å². The normalized spacial score (nSPS) is 15.0. The summed E-state index contributed by atoms with van der Waals surface area (Å²) in [5, 5.41) is 10.3. The first-order chi connectivity index (χ1) is 14.0. The van der Waals surface area contributed by atoms with Crippen LogP contribution in [0.5, 0.6) is 5.75 Å². The van der Waals surface area contributed by atoms with Gasteiger partial charge in [-0.3, -0.25) is 9.59 Å². The second kappa shape index (κ2) is 7.43. The van der Waals surface area contributed by atoms with E-state index in [0.717, 1.165) is 22.4 Å². The number of hydrogen-bond acceptors (Lipinski definition) is 4. The Morgan fingerprint density at radius 3 is 2.69 bits per heavy atom. The van der Waals surface area contributed by atoms with Crippen LogP contribution in [0.3, 0.4) is 0 Å². The molecule has 1 atom stereocenters. The second-order valence-electron chi connectivity index (χ2n) is 7.11. The Kier molecular flexibility index (Phi) is 4.80. The molecule has 0 bridgehead atoms. The zero-order chi connectivity index (χ0) is 20.5. The smallest absolute Gasteiger partial charge is 0.251 e. The molecule has 0 fully saturated rings. The van der Waals surface area contributed by atoms with E-state index in [4.69, 9.17) is 4.74 Å². The Bertz CT molecular complexity index is 1090. The van der Waals surface area contributed by atoms with Gasteiger partial charge in [0.15, 0.2) is 0 Å². The highest BCUT2D eigenvalue weighted by Gasteiger charge is 2.36. The molecule has 2 amide bonds. The summed E-state index contributed by atoms with van der Waals surface area (Å²) in [6.07, 6.45) is -0.00942. The summed E-state index contributed by atoms with van der Waals surface area (Å²) in [5.41, 5.74) is 4.45. The fraction of sp³-hybridized carbons (Fsp3) is 0.227. The van der Waals surface area contributed by atoms with E-state index in [1.54, 1.807) is 36.1 Å². The molecule has 0 saturated heterocycles. The highest BCUT2D eigenvalue weighted by Crippen LogP contribution is 2.38.